The molecular formula is C13H17N3O2. The summed E-state index contributed by atoms with van der Waals surface area (Å²) in [6.07, 6.45) is 8.23. The van der Waals surface area contributed by atoms with Crippen LogP contribution in [0.25, 0.3) is 6.08 Å². The van der Waals surface area contributed by atoms with Gasteiger partial charge >= 0.3 is 0 Å². The van der Waals surface area contributed by atoms with E-state index in [1.165, 1.54) is 6.08 Å². The third-order valence-electron chi connectivity index (χ3n) is 3.23. The van der Waals surface area contributed by atoms with Crippen molar-refractivity contribution in [3.8, 4) is 0 Å². The summed E-state index contributed by atoms with van der Waals surface area (Å²) in [5, 5.41) is 0. The number of hydrogen-bond acceptors (Lipinski definition) is 3. The van der Waals surface area contributed by atoms with E-state index in [1.807, 2.05) is 0 Å². The van der Waals surface area contributed by atoms with Gasteiger partial charge in [0.1, 0.15) is 5.78 Å². The number of aromatic nitrogens is 2. The van der Waals surface area contributed by atoms with Crippen molar-refractivity contribution in [2.24, 2.45) is 5.92 Å². The molecule has 1 aromatic heterocycles. The average Bonchev–Trinajstić information content (AvgIpc) is 2.89. The summed E-state index contributed by atoms with van der Waals surface area (Å²) in [7, 11) is 0. The van der Waals surface area contributed by atoms with Gasteiger partial charge in [-0.2, -0.15) is 0 Å². The molecule has 18 heavy (non-hydrogen) atoms. The second kappa shape index (κ2) is 5.62. The molecule has 0 radical (unpaired) electrons. The van der Waals surface area contributed by atoms with Gasteiger partial charge in [-0.25, -0.2) is 4.98 Å². The van der Waals surface area contributed by atoms with Gasteiger partial charge in [0.2, 0.25) is 5.91 Å². The number of amides is 1. The molecule has 1 fully saturated rings. The number of carbonyl (C=O) groups is 2. The Balaban J connectivity index is 1.94. The van der Waals surface area contributed by atoms with E-state index in [9.17, 15) is 9.59 Å². The topological polar surface area (TPSA) is 66.1 Å². The Hall–Kier alpha value is -1.91. The minimum Gasteiger partial charge on any atom is -0.345 e. The molecule has 96 valence electrons. The van der Waals surface area contributed by atoms with Gasteiger partial charge in [-0.3, -0.25) is 9.59 Å². The monoisotopic (exact) mass is 247 g/mol. The second-order valence-electron chi connectivity index (χ2n) is 4.57. The van der Waals surface area contributed by atoms with Crippen molar-refractivity contribution in [1.82, 2.24) is 14.9 Å². The lowest BCUT2D eigenvalue weighted by molar-refractivity contribution is -0.130. The number of imidazole rings is 1. The molecule has 0 bridgehead atoms. The van der Waals surface area contributed by atoms with Crippen molar-refractivity contribution in [3.63, 3.8) is 0 Å². The summed E-state index contributed by atoms with van der Waals surface area (Å²) in [6, 6.07) is 0. The normalized spacial score (nSPS) is 20.3. The van der Waals surface area contributed by atoms with E-state index in [4.69, 9.17) is 0 Å². The van der Waals surface area contributed by atoms with E-state index in [2.05, 4.69) is 9.97 Å². The number of carbonyl (C=O) groups excluding carboxylic acids is 2. The Morgan fingerprint density at radius 2 is 2.39 bits per heavy atom. The van der Waals surface area contributed by atoms with Crippen LogP contribution in [-0.2, 0) is 9.59 Å². The number of aromatic amines is 1. The highest BCUT2D eigenvalue weighted by molar-refractivity contribution is 5.92. The first kappa shape index (κ1) is 12.5. The molecular weight excluding hydrogens is 230 g/mol. The van der Waals surface area contributed by atoms with Crippen LogP contribution in [0.1, 0.15) is 25.5 Å². The summed E-state index contributed by atoms with van der Waals surface area (Å²) >= 11 is 0. The van der Waals surface area contributed by atoms with Gasteiger partial charge in [-0.15, -0.1) is 0 Å². The van der Waals surface area contributed by atoms with E-state index >= 15 is 0 Å². The standard InChI is InChI=1S/C13H17N3O2/c1-10(17)11-3-2-6-16(8-11)13(18)5-4-12-7-14-9-15-12/h4-5,7,9,11H,2-3,6,8H2,1H3,(H,14,15)/b5-4+. The van der Waals surface area contributed by atoms with Crippen molar-refractivity contribution in [1.29, 1.82) is 0 Å². The largest absolute Gasteiger partial charge is 0.345 e. The highest BCUT2D eigenvalue weighted by Crippen LogP contribution is 2.17. The molecule has 0 spiro atoms. The number of ketones is 1. The third kappa shape index (κ3) is 3.06. The fraction of sp³-hybridized carbons (Fsp3) is 0.462. The third-order valence-corrected chi connectivity index (χ3v) is 3.23. The van der Waals surface area contributed by atoms with Crippen LogP contribution < -0.4 is 0 Å². The zero-order valence-corrected chi connectivity index (χ0v) is 10.4. The van der Waals surface area contributed by atoms with Crippen LogP contribution >= 0.6 is 0 Å². The van der Waals surface area contributed by atoms with Gasteiger partial charge in [0.05, 0.1) is 18.2 Å². The average molecular weight is 247 g/mol. The van der Waals surface area contributed by atoms with E-state index in [0.29, 0.717) is 6.54 Å². The van der Waals surface area contributed by atoms with Crippen molar-refractivity contribution in [2.45, 2.75) is 19.8 Å². The highest BCUT2D eigenvalue weighted by Gasteiger charge is 2.24. The quantitative estimate of drug-likeness (QED) is 0.817. The Morgan fingerprint density at radius 3 is 3.06 bits per heavy atom. The van der Waals surface area contributed by atoms with Crippen LogP contribution in [0.5, 0.6) is 0 Å². The maximum absolute atomic E-state index is 12.0. The van der Waals surface area contributed by atoms with Gasteiger partial charge < -0.3 is 9.88 Å². The molecule has 1 aromatic rings. The van der Waals surface area contributed by atoms with Gasteiger partial charge in [0.25, 0.3) is 0 Å². The molecule has 1 amide bonds. The molecule has 2 rings (SSSR count). The van der Waals surface area contributed by atoms with Crippen LogP contribution in [0.4, 0.5) is 0 Å². The van der Waals surface area contributed by atoms with Crippen molar-refractivity contribution >= 4 is 17.8 Å². The number of nitrogens with one attached hydrogen (secondary N) is 1. The zero-order chi connectivity index (χ0) is 13.0. The predicted molar refractivity (Wildman–Crippen MR) is 67.6 cm³/mol. The minimum atomic E-state index is -0.0458. The van der Waals surface area contributed by atoms with Gasteiger partial charge in [0, 0.05) is 25.1 Å². The maximum atomic E-state index is 12.0. The maximum Gasteiger partial charge on any atom is 0.246 e. The lowest BCUT2D eigenvalue weighted by Gasteiger charge is -2.30. The number of nitrogens with zero attached hydrogens (tertiary/aromatic N) is 2. The number of piperidine rings is 1. The summed E-state index contributed by atoms with van der Waals surface area (Å²) < 4.78 is 0. The van der Waals surface area contributed by atoms with Gasteiger partial charge in [-0.1, -0.05) is 0 Å². The number of H-pyrrole nitrogens is 1. The molecule has 0 saturated carbocycles. The van der Waals surface area contributed by atoms with Crippen molar-refractivity contribution in [3.05, 3.63) is 24.3 Å². The zero-order valence-electron chi connectivity index (χ0n) is 10.4. The lowest BCUT2D eigenvalue weighted by atomic mass is 9.94. The van der Waals surface area contributed by atoms with Crippen LogP contribution in [0.3, 0.4) is 0 Å². The van der Waals surface area contributed by atoms with Crippen LogP contribution in [-0.4, -0.2) is 39.6 Å². The SMILES string of the molecule is CC(=O)C1CCCN(C(=O)/C=C/c2cnc[nH]2)C1. The molecule has 1 aliphatic heterocycles. The molecule has 1 atom stereocenters. The van der Waals surface area contributed by atoms with E-state index < -0.39 is 0 Å². The fourth-order valence-electron chi connectivity index (χ4n) is 2.13. The predicted octanol–water partition coefficient (Wildman–Crippen LogP) is 1.25. The molecule has 0 aromatic carbocycles. The van der Waals surface area contributed by atoms with E-state index in [1.54, 1.807) is 30.4 Å². The number of hydrogen-bond donors (Lipinski definition) is 1. The second-order valence-corrected chi connectivity index (χ2v) is 4.57. The molecule has 5 heteroatoms. The number of likely N-dealkylation sites (tertiary alicyclic amines) is 1. The molecule has 2 heterocycles. The first-order chi connectivity index (χ1) is 8.66. The highest BCUT2D eigenvalue weighted by atomic mass is 16.2. The summed E-state index contributed by atoms with van der Waals surface area (Å²) in [5.41, 5.74) is 0.795. The number of rotatable bonds is 3. The lowest BCUT2D eigenvalue weighted by Crippen LogP contribution is -2.41. The van der Waals surface area contributed by atoms with Crippen LogP contribution in [0.15, 0.2) is 18.6 Å². The Labute approximate surface area is 106 Å². The van der Waals surface area contributed by atoms with Crippen molar-refractivity contribution < 1.29 is 9.59 Å². The van der Waals surface area contributed by atoms with Crippen LogP contribution in [0, 0.1) is 5.92 Å². The first-order valence-electron chi connectivity index (χ1n) is 6.12. The van der Waals surface area contributed by atoms with Gasteiger partial charge in [-0.05, 0) is 25.8 Å². The summed E-state index contributed by atoms with van der Waals surface area (Å²) in [5.74, 6) is 0.129. The Bertz CT molecular complexity index is 451. The Morgan fingerprint density at radius 1 is 1.56 bits per heavy atom. The molecule has 5 nitrogen and oxygen atoms in total. The fourth-order valence-corrected chi connectivity index (χ4v) is 2.13. The minimum absolute atomic E-state index is 0.00301. The molecule has 1 aliphatic rings. The summed E-state index contributed by atoms with van der Waals surface area (Å²) in [4.78, 5) is 31.8. The summed E-state index contributed by atoms with van der Waals surface area (Å²) in [6.45, 7) is 2.87. The smallest absolute Gasteiger partial charge is 0.246 e. The van der Waals surface area contributed by atoms with E-state index in [0.717, 1.165) is 25.1 Å². The van der Waals surface area contributed by atoms with Crippen LogP contribution in [0.2, 0.25) is 0 Å². The number of Topliss-reactive ketones (excluding diaryl/α,β-unsaturated/α-hetero) is 1. The van der Waals surface area contributed by atoms with E-state index in [-0.39, 0.29) is 17.6 Å². The molecule has 1 saturated heterocycles. The Kier molecular flexibility index (Phi) is 3.92. The molecule has 0 aliphatic carbocycles. The molecule has 1 N–H and O–H groups in total. The van der Waals surface area contributed by atoms with Crippen molar-refractivity contribution in [2.75, 3.05) is 13.1 Å². The van der Waals surface area contributed by atoms with Gasteiger partial charge in [0.15, 0.2) is 0 Å². The molecule has 1 unspecified atom stereocenters. The first-order valence-corrected chi connectivity index (χ1v) is 6.12.